The van der Waals surface area contributed by atoms with Crippen molar-refractivity contribution in [2.24, 2.45) is 0 Å². The number of carbonyl (C=O) groups is 2. The second-order valence-electron chi connectivity index (χ2n) is 7.60. The Labute approximate surface area is 175 Å². The topological polar surface area (TPSA) is 78.9 Å². The van der Waals surface area contributed by atoms with Crippen molar-refractivity contribution < 1.29 is 19.4 Å². The summed E-state index contributed by atoms with van der Waals surface area (Å²) >= 11 is 5.91. The van der Waals surface area contributed by atoms with E-state index in [-0.39, 0.29) is 13.2 Å². The van der Waals surface area contributed by atoms with Crippen LogP contribution in [0.5, 0.6) is 5.75 Å². The van der Waals surface area contributed by atoms with E-state index in [0.29, 0.717) is 16.3 Å². The molecule has 1 saturated heterocycles. The number of benzene rings is 2. The van der Waals surface area contributed by atoms with Gasteiger partial charge in [-0.05, 0) is 62.1 Å². The number of nitrogens with one attached hydrogen (secondary N) is 1. The highest BCUT2D eigenvalue weighted by atomic mass is 35.5. The third-order valence-corrected chi connectivity index (χ3v) is 5.64. The summed E-state index contributed by atoms with van der Waals surface area (Å²) in [5, 5.41) is 13.7. The van der Waals surface area contributed by atoms with E-state index >= 15 is 0 Å². The second-order valence-corrected chi connectivity index (χ2v) is 8.03. The summed E-state index contributed by atoms with van der Waals surface area (Å²) in [5.41, 5.74) is 2.48. The molecule has 3 rings (SSSR count). The van der Waals surface area contributed by atoms with Crippen molar-refractivity contribution in [2.45, 2.75) is 39.3 Å². The molecular formula is C22H25ClN2O4. The van der Waals surface area contributed by atoms with E-state index in [0.717, 1.165) is 21.6 Å². The summed E-state index contributed by atoms with van der Waals surface area (Å²) < 4.78 is 5.81. The molecule has 2 atom stereocenters. The van der Waals surface area contributed by atoms with Gasteiger partial charge < -0.3 is 15.2 Å². The smallest absolute Gasteiger partial charge is 0.325 e. The number of hydrogen-bond donors (Lipinski definition) is 2. The quantitative estimate of drug-likeness (QED) is 0.707. The molecule has 3 amide bonds. The number of β-amino-alcohol motifs (C(OH)–C–C–N with tert-alkyl or cyclic N) is 1. The van der Waals surface area contributed by atoms with Crippen molar-refractivity contribution in [3.8, 4) is 5.75 Å². The molecule has 1 aliphatic rings. The fourth-order valence-electron chi connectivity index (χ4n) is 3.43. The van der Waals surface area contributed by atoms with Gasteiger partial charge in [-0.1, -0.05) is 35.9 Å². The van der Waals surface area contributed by atoms with Crippen molar-refractivity contribution >= 4 is 23.5 Å². The first-order valence-electron chi connectivity index (χ1n) is 9.41. The van der Waals surface area contributed by atoms with Crippen LogP contribution in [-0.2, 0) is 10.3 Å². The van der Waals surface area contributed by atoms with Crippen LogP contribution in [0.2, 0.25) is 5.02 Å². The van der Waals surface area contributed by atoms with Gasteiger partial charge in [-0.25, -0.2) is 4.79 Å². The van der Waals surface area contributed by atoms with Crippen molar-refractivity contribution in [2.75, 3.05) is 13.2 Å². The lowest BCUT2D eigenvalue weighted by atomic mass is 9.92. The molecule has 0 aromatic heterocycles. The van der Waals surface area contributed by atoms with Gasteiger partial charge in [0.1, 0.15) is 24.0 Å². The maximum Gasteiger partial charge on any atom is 0.325 e. The van der Waals surface area contributed by atoms with E-state index in [4.69, 9.17) is 16.3 Å². The lowest BCUT2D eigenvalue weighted by Crippen LogP contribution is -2.42. The summed E-state index contributed by atoms with van der Waals surface area (Å²) in [6.45, 7) is 7.33. The fourth-order valence-corrected chi connectivity index (χ4v) is 3.56. The predicted octanol–water partition coefficient (Wildman–Crippen LogP) is 3.47. The van der Waals surface area contributed by atoms with Gasteiger partial charge in [0, 0.05) is 5.02 Å². The van der Waals surface area contributed by atoms with Gasteiger partial charge in [0.05, 0.1) is 6.54 Å². The van der Waals surface area contributed by atoms with E-state index in [1.54, 1.807) is 31.2 Å². The Morgan fingerprint density at radius 1 is 1.10 bits per heavy atom. The molecule has 2 N–H and O–H groups in total. The van der Waals surface area contributed by atoms with Gasteiger partial charge in [-0.15, -0.1) is 0 Å². The number of aliphatic hydroxyl groups excluding tert-OH is 1. The van der Waals surface area contributed by atoms with Gasteiger partial charge in [0.2, 0.25) is 0 Å². The molecule has 0 aliphatic carbocycles. The average molecular weight is 417 g/mol. The van der Waals surface area contributed by atoms with Gasteiger partial charge in [0.15, 0.2) is 0 Å². The molecule has 1 aliphatic heterocycles. The summed E-state index contributed by atoms with van der Waals surface area (Å²) in [6, 6.07) is 10.2. The zero-order valence-electron chi connectivity index (χ0n) is 17.0. The Bertz CT molecular complexity index is 945. The first-order valence-corrected chi connectivity index (χ1v) is 9.79. The van der Waals surface area contributed by atoms with E-state index in [1.165, 1.54) is 0 Å². The molecule has 6 nitrogen and oxygen atoms in total. The van der Waals surface area contributed by atoms with E-state index in [2.05, 4.69) is 5.32 Å². The Kier molecular flexibility index (Phi) is 5.87. The largest absolute Gasteiger partial charge is 0.490 e. The number of ether oxygens (including phenoxy) is 1. The predicted molar refractivity (Wildman–Crippen MR) is 111 cm³/mol. The third kappa shape index (κ3) is 4.09. The normalized spacial score (nSPS) is 20.0. The molecule has 7 heteroatoms. The van der Waals surface area contributed by atoms with Crippen molar-refractivity contribution in [1.29, 1.82) is 0 Å². The lowest BCUT2D eigenvalue weighted by molar-refractivity contribution is -0.132. The maximum atomic E-state index is 12.9. The maximum absolute atomic E-state index is 12.9. The van der Waals surface area contributed by atoms with Gasteiger partial charge in [-0.2, -0.15) is 0 Å². The first-order chi connectivity index (χ1) is 13.6. The Balaban J connectivity index is 1.69. The Morgan fingerprint density at radius 3 is 2.38 bits per heavy atom. The molecule has 0 unspecified atom stereocenters. The number of urea groups is 1. The molecule has 0 bridgehead atoms. The van der Waals surface area contributed by atoms with Gasteiger partial charge >= 0.3 is 6.03 Å². The molecule has 0 saturated carbocycles. The first kappa shape index (κ1) is 21.1. The van der Waals surface area contributed by atoms with Crippen molar-refractivity contribution in [3.05, 3.63) is 63.7 Å². The second kappa shape index (κ2) is 8.05. The average Bonchev–Trinajstić information content (AvgIpc) is 2.89. The summed E-state index contributed by atoms with van der Waals surface area (Å²) in [5.74, 6) is 0.291. The van der Waals surface area contributed by atoms with Crippen molar-refractivity contribution in [1.82, 2.24) is 10.2 Å². The fraction of sp³-hybridized carbons (Fsp3) is 0.364. The Hall–Kier alpha value is -2.57. The van der Waals surface area contributed by atoms with Crippen LogP contribution in [0.1, 0.15) is 29.2 Å². The van der Waals surface area contributed by atoms with Crippen LogP contribution in [-0.4, -0.2) is 41.2 Å². The number of carbonyl (C=O) groups excluding carboxylic acids is 2. The zero-order chi connectivity index (χ0) is 21.3. The molecule has 154 valence electrons. The zero-order valence-corrected chi connectivity index (χ0v) is 17.7. The number of imide groups is 1. The molecule has 2 aromatic rings. The molecule has 0 spiro atoms. The summed E-state index contributed by atoms with van der Waals surface area (Å²) in [4.78, 5) is 26.4. The Morgan fingerprint density at radius 2 is 1.72 bits per heavy atom. The van der Waals surface area contributed by atoms with Crippen molar-refractivity contribution in [3.63, 3.8) is 0 Å². The lowest BCUT2D eigenvalue weighted by Gasteiger charge is -2.23. The van der Waals surface area contributed by atoms with Crippen LogP contribution in [0.3, 0.4) is 0 Å². The monoisotopic (exact) mass is 416 g/mol. The highest BCUT2D eigenvalue weighted by Gasteiger charge is 2.49. The summed E-state index contributed by atoms with van der Waals surface area (Å²) in [6.07, 6.45) is -1.02. The minimum absolute atomic E-state index is 0.0279. The number of halogens is 1. The number of aliphatic hydroxyl groups is 1. The van der Waals surface area contributed by atoms with Crippen LogP contribution >= 0.6 is 11.6 Å². The SMILES string of the molecule is Cc1ccc(C)c(OC[C@@H](O)CN2C(=O)N[C@@](C)(c3ccc(Cl)cc3)C2=O)c1C. The van der Waals surface area contributed by atoms with Crippen LogP contribution in [0.15, 0.2) is 36.4 Å². The van der Waals surface area contributed by atoms with Crippen LogP contribution < -0.4 is 10.1 Å². The highest BCUT2D eigenvalue weighted by Crippen LogP contribution is 2.30. The molecule has 29 heavy (non-hydrogen) atoms. The van der Waals surface area contributed by atoms with Gasteiger partial charge in [-0.3, -0.25) is 9.69 Å². The third-order valence-electron chi connectivity index (χ3n) is 5.38. The minimum Gasteiger partial charge on any atom is -0.490 e. The number of aryl methyl sites for hydroxylation is 2. The number of amides is 3. The molecule has 2 aromatic carbocycles. The molecule has 1 heterocycles. The van der Waals surface area contributed by atoms with E-state index in [1.807, 2.05) is 32.9 Å². The molecule has 1 fully saturated rings. The van der Waals surface area contributed by atoms with Gasteiger partial charge in [0.25, 0.3) is 5.91 Å². The minimum atomic E-state index is -1.20. The van der Waals surface area contributed by atoms with E-state index in [9.17, 15) is 14.7 Å². The summed E-state index contributed by atoms with van der Waals surface area (Å²) in [7, 11) is 0. The number of nitrogens with zero attached hydrogens (tertiary/aromatic N) is 1. The molecule has 0 radical (unpaired) electrons. The standard InChI is InChI=1S/C22H25ClN2O4/c1-13-5-6-14(2)19(15(13)3)29-12-18(26)11-25-20(27)22(4,24-21(25)28)16-7-9-17(23)10-8-16/h5-10,18,26H,11-12H2,1-4H3,(H,24,28)/t18-,22-/m0/s1. The van der Waals surface area contributed by atoms with Crippen LogP contribution in [0, 0.1) is 20.8 Å². The number of hydrogen-bond acceptors (Lipinski definition) is 4. The van der Waals surface area contributed by atoms with Crippen LogP contribution in [0.4, 0.5) is 4.79 Å². The number of rotatable bonds is 6. The van der Waals surface area contributed by atoms with E-state index < -0.39 is 23.6 Å². The van der Waals surface area contributed by atoms with Crippen LogP contribution in [0.25, 0.3) is 0 Å². The molecular weight excluding hydrogens is 392 g/mol. The highest BCUT2D eigenvalue weighted by molar-refractivity contribution is 6.30.